The van der Waals surface area contributed by atoms with Gasteiger partial charge in [0, 0.05) is 23.3 Å². The highest BCUT2D eigenvalue weighted by Gasteiger charge is 2.09. The maximum Gasteiger partial charge on any atom is 0.272 e. The lowest BCUT2D eigenvalue weighted by Gasteiger charge is -2.06. The SMILES string of the molecule is CCc1ccc(CCOc2ccc(/C=N/NC(=O)c3ccc(Cl)cc3Cl)cc2)nc1. The van der Waals surface area contributed by atoms with E-state index in [1.54, 1.807) is 18.3 Å². The Balaban J connectivity index is 1.47. The van der Waals surface area contributed by atoms with Crippen LogP contribution in [0.15, 0.2) is 65.9 Å². The summed E-state index contributed by atoms with van der Waals surface area (Å²) in [5.74, 6) is 0.350. The third-order valence-corrected chi connectivity index (χ3v) is 4.90. The molecule has 3 rings (SSSR count). The van der Waals surface area contributed by atoms with E-state index in [9.17, 15) is 4.79 Å². The van der Waals surface area contributed by atoms with Gasteiger partial charge in [-0.2, -0.15) is 5.10 Å². The number of carbonyl (C=O) groups excluding carboxylic acids is 1. The topological polar surface area (TPSA) is 63.6 Å². The van der Waals surface area contributed by atoms with Crippen molar-refractivity contribution >= 4 is 35.3 Å². The second kappa shape index (κ2) is 10.8. The Morgan fingerprint density at radius 3 is 2.60 bits per heavy atom. The normalized spacial score (nSPS) is 10.9. The summed E-state index contributed by atoms with van der Waals surface area (Å²) >= 11 is 11.9. The van der Waals surface area contributed by atoms with Crippen LogP contribution in [0.4, 0.5) is 0 Å². The first kappa shape index (κ1) is 21.8. The van der Waals surface area contributed by atoms with Crippen LogP contribution in [0.3, 0.4) is 0 Å². The number of aryl methyl sites for hydroxylation is 1. The largest absolute Gasteiger partial charge is 0.493 e. The predicted molar refractivity (Wildman–Crippen MR) is 121 cm³/mol. The van der Waals surface area contributed by atoms with Crippen LogP contribution >= 0.6 is 23.2 Å². The van der Waals surface area contributed by atoms with Crippen molar-refractivity contribution in [2.24, 2.45) is 5.10 Å². The van der Waals surface area contributed by atoms with Gasteiger partial charge in [0.1, 0.15) is 5.75 Å². The molecule has 0 radical (unpaired) electrons. The van der Waals surface area contributed by atoms with E-state index in [4.69, 9.17) is 27.9 Å². The zero-order chi connectivity index (χ0) is 21.3. The van der Waals surface area contributed by atoms with Crippen molar-refractivity contribution in [3.8, 4) is 5.75 Å². The van der Waals surface area contributed by atoms with E-state index < -0.39 is 5.91 Å². The van der Waals surface area contributed by atoms with Gasteiger partial charge < -0.3 is 4.74 Å². The number of aromatic nitrogens is 1. The molecular formula is C23H21Cl2N3O2. The van der Waals surface area contributed by atoms with Crippen LogP contribution in [0.5, 0.6) is 5.75 Å². The molecule has 7 heteroatoms. The monoisotopic (exact) mass is 441 g/mol. The highest BCUT2D eigenvalue weighted by molar-refractivity contribution is 6.36. The Labute approximate surface area is 185 Å². The average molecular weight is 442 g/mol. The van der Waals surface area contributed by atoms with Gasteiger partial charge in [0.15, 0.2) is 0 Å². The minimum atomic E-state index is -0.409. The summed E-state index contributed by atoms with van der Waals surface area (Å²) in [5, 5.41) is 4.70. The first-order valence-corrected chi connectivity index (χ1v) is 10.3. The van der Waals surface area contributed by atoms with Crippen molar-refractivity contribution < 1.29 is 9.53 Å². The molecule has 0 aliphatic heterocycles. The summed E-state index contributed by atoms with van der Waals surface area (Å²) in [4.78, 5) is 16.5. The Kier molecular flexibility index (Phi) is 7.82. The quantitative estimate of drug-likeness (QED) is 0.379. The van der Waals surface area contributed by atoms with Crippen LogP contribution in [0.25, 0.3) is 0 Å². The number of rotatable bonds is 8. The van der Waals surface area contributed by atoms with E-state index in [1.165, 1.54) is 11.6 Å². The van der Waals surface area contributed by atoms with E-state index in [-0.39, 0.29) is 5.02 Å². The highest BCUT2D eigenvalue weighted by Crippen LogP contribution is 2.20. The van der Waals surface area contributed by atoms with E-state index in [0.29, 0.717) is 17.2 Å². The lowest BCUT2D eigenvalue weighted by Crippen LogP contribution is -2.18. The van der Waals surface area contributed by atoms with Gasteiger partial charge in [-0.15, -0.1) is 0 Å². The summed E-state index contributed by atoms with van der Waals surface area (Å²) in [6, 6.07) is 16.2. The first-order chi connectivity index (χ1) is 14.5. The number of benzene rings is 2. The van der Waals surface area contributed by atoms with Gasteiger partial charge in [-0.05, 0) is 66.1 Å². The molecule has 154 valence electrons. The smallest absolute Gasteiger partial charge is 0.272 e. The number of ether oxygens (including phenoxy) is 1. The molecule has 0 aliphatic rings. The molecule has 0 fully saturated rings. The van der Waals surface area contributed by atoms with Gasteiger partial charge >= 0.3 is 0 Å². The molecule has 0 saturated heterocycles. The Hall–Kier alpha value is -2.89. The van der Waals surface area contributed by atoms with E-state index in [1.807, 2.05) is 36.5 Å². The minimum Gasteiger partial charge on any atom is -0.493 e. The molecule has 0 atom stereocenters. The summed E-state index contributed by atoms with van der Waals surface area (Å²) in [7, 11) is 0. The van der Waals surface area contributed by atoms with Crippen molar-refractivity contribution in [2.45, 2.75) is 19.8 Å². The van der Waals surface area contributed by atoms with Crippen LogP contribution in [-0.2, 0) is 12.8 Å². The molecule has 1 amide bonds. The molecule has 0 bridgehead atoms. The fourth-order valence-electron chi connectivity index (χ4n) is 2.63. The molecule has 3 aromatic rings. The van der Waals surface area contributed by atoms with Gasteiger partial charge in [-0.25, -0.2) is 5.43 Å². The number of hydrogen-bond acceptors (Lipinski definition) is 4. The first-order valence-electron chi connectivity index (χ1n) is 9.50. The van der Waals surface area contributed by atoms with Crippen molar-refractivity contribution in [3.05, 3.63) is 93.2 Å². The van der Waals surface area contributed by atoms with Crippen molar-refractivity contribution in [1.82, 2.24) is 10.4 Å². The van der Waals surface area contributed by atoms with E-state index in [0.717, 1.165) is 29.8 Å². The lowest BCUT2D eigenvalue weighted by atomic mass is 10.2. The second-order valence-corrected chi connectivity index (χ2v) is 7.35. The number of hydrogen-bond donors (Lipinski definition) is 1. The number of nitrogens with zero attached hydrogens (tertiary/aromatic N) is 2. The number of carbonyl (C=O) groups is 1. The summed E-state index contributed by atoms with van der Waals surface area (Å²) in [6.07, 6.45) is 5.18. The Morgan fingerprint density at radius 2 is 1.93 bits per heavy atom. The van der Waals surface area contributed by atoms with Crippen LogP contribution in [0.1, 0.15) is 34.1 Å². The molecule has 1 N–H and O–H groups in total. The molecule has 1 heterocycles. The maximum atomic E-state index is 12.1. The molecule has 5 nitrogen and oxygen atoms in total. The van der Waals surface area contributed by atoms with Gasteiger partial charge in [0.25, 0.3) is 5.91 Å². The predicted octanol–water partition coefficient (Wildman–Crippen LogP) is 5.34. The molecule has 30 heavy (non-hydrogen) atoms. The van der Waals surface area contributed by atoms with Crippen molar-refractivity contribution in [1.29, 1.82) is 0 Å². The molecule has 0 unspecified atom stereocenters. The van der Waals surface area contributed by atoms with Crippen LogP contribution in [0.2, 0.25) is 10.0 Å². The Morgan fingerprint density at radius 1 is 1.13 bits per heavy atom. The molecule has 0 saturated carbocycles. The fourth-order valence-corrected chi connectivity index (χ4v) is 3.13. The van der Waals surface area contributed by atoms with Crippen molar-refractivity contribution in [2.75, 3.05) is 6.61 Å². The zero-order valence-corrected chi connectivity index (χ0v) is 18.0. The molecule has 0 spiro atoms. The number of nitrogens with one attached hydrogen (secondary N) is 1. The van der Waals surface area contributed by atoms with Crippen LogP contribution in [-0.4, -0.2) is 23.7 Å². The number of hydrazone groups is 1. The Bertz CT molecular complexity index is 1020. The second-order valence-electron chi connectivity index (χ2n) is 6.50. The summed E-state index contributed by atoms with van der Waals surface area (Å²) in [5.41, 5.74) is 5.81. The van der Waals surface area contributed by atoms with Gasteiger partial charge in [-0.1, -0.05) is 36.2 Å². The zero-order valence-electron chi connectivity index (χ0n) is 16.4. The molecule has 2 aromatic carbocycles. The number of pyridine rings is 1. The molecular weight excluding hydrogens is 421 g/mol. The third-order valence-electron chi connectivity index (χ3n) is 4.36. The van der Waals surface area contributed by atoms with Gasteiger partial charge in [0.2, 0.25) is 0 Å². The standard InChI is InChI=1S/C23H21Cl2N3O2/c1-2-16-3-7-19(26-14-16)11-12-30-20-8-4-17(5-9-20)15-27-28-23(29)21-10-6-18(24)13-22(21)25/h3-10,13-15H,2,11-12H2,1H3,(H,28,29)/b27-15+. The van der Waals surface area contributed by atoms with E-state index in [2.05, 4.69) is 28.5 Å². The van der Waals surface area contributed by atoms with Crippen LogP contribution in [0, 0.1) is 0 Å². The average Bonchev–Trinajstić information content (AvgIpc) is 2.75. The molecule has 0 aliphatic carbocycles. The third kappa shape index (κ3) is 6.31. The van der Waals surface area contributed by atoms with Crippen molar-refractivity contribution in [3.63, 3.8) is 0 Å². The van der Waals surface area contributed by atoms with Crippen LogP contribution < -0.4 is 10.2 Å². The number of amides is 1. The van der Waals surface area contributed by atoms with E-state index >= 15 is 0 Å². The highest BCUT2D eigenvalue weighted by atomic mass is 35.5. The van der Waals surface area contributed by atoms with Gasteiger partial charge in [-0.3, -0.25) is 9.78 Å². The fraction of sp³-hybridized carbons (Fsp3) is 0.174. The maximum absolute atomic E-state index is 12.1. The molecule has 1 aromatic heterocycles. The number of halogens is 2. The minimum absolute atomic E-state index is 0.271. The lowest BCUT2D eigenvalue weighted by molar-refractivity contribution is 0.0955. The summed E-state index contributed by atoms with van der Waals surface area (Å²) < 4.78 is 5.77. The summed E-state index contributed by atoms with van der Waals surface area (Å²) in [6.45, 7) is 2.65. The van der Waals surface area contributed by atoms with Gasteiger partial charge in [0.05, 0.1) is 23.4 Å².